The topological polar surface area (TPSA) is 78.9 Å². The predicted octanol–water partition coefficient (Wildman–Crippen LogP) is 23.4. The SMILES string of the molecule is CC/C=C\C/C=C\C/C=C\C/C=C\C/C=C\C/C=C\C/C=C\CCCCCC(=O)OCC(COC(=O)CCCCCCCCC/C=C\C/C=C\CCCCCC)OC(=O)CCCCCCCCCCCCCCCCCCCCC. The van der Waals surface area contributed by atoms with E-state index in [2.05, 4.69) is 130 Å². The minimum absolute atomic E-state index is 0.0915. The van der Waals surface area contributed by atoms with Crippen molar-refractivity contribution < 1.29 is 28.6 Å². The van der Waals surface area contributed by atoms with Crippen molar-refractivity contribution in [1.82, 2.24) is 0 Å². The fourth-order valence-corrected chi connectivity index (χ4v) is 9.45. The van der Waals surface area contributed by atoms with Gasteiger partial charge in [0.1, 0.15) is 13.2 Å². The molecule has 1 unspecified atom stereocenters. The van der Waals surface area contributed by atoms with Crippen LogP contribution >= 0.6 is 0 Å². The lowest BCUT2D eigenvalue weighted by atomic mass is 10.0. The van der Waals surface area contributed by atoms with Gasteiger partial charge >= 0.3 is 17.9 Å². The largest absolute Gasteiger partial charge is 0.462 e. The molecular formula is C74H126O6. The van der Waals surface area contributed by atoms with Crippen LogP contribution in [0.4, 0.5) is 0 Å². The van der Waals surface area contributed by atoms with Crippen LogP contribution < -0.4 is 0 Å². The Morgan fingerprint density at radius 3 is 0.787 bits per heavy atom. The van der Waals surface area contributed by atoms with E-state index in [9.17, 15) is 14.4 Å². The number of hydrogen-bond acceptors (Lipinski definition) is 6. The maximum absolute atomic E-state index is 12.9. The van der Waals surface area contributed by atoms with Gasteiger partial charge < -0.3 is 14.2 Å². The molecule has 0 saturated carbocycles. The molecule has 0 aromatic rings. The van der Waals surface area contributed by atoms with Gasteiger partial charge in [-0.3, -0.25) is 14.4 Å². The number of esters is 3. The maximum Gasteiger partial charge on any atom is 0.306 e. The molecule has 0 rings (SSSR count). The Bertz CT molecular complexity index is 1610. The summed E-state index contributed by atoms with van der Waals surface area (Å²) >= 11 is 0. The first-order valence-corrected chi connectivity index (χ1v) is 33.9. The van der Waals surface area contributed by atoms with Crippen LogP contribution in [-0.4, -0.2) is 37.2 Å². The number of ether oxygens (including phenoxy) is 3. The Kier molecular flexibility index (Phi) is 64.3. The minimum atomic E-state index is -0.798. The van der Waals surface area contributed by atoms with Gasteiger partial charge in [-0.1, -0.05) is 304 Å². The fourth-order valence-electron chi connectivity index (χ4n) is 9.45. The molecule has 0 aliphatic carbocycles. The lowest BCUT2D eigenvalue weighted by Crippen LogP contribution is -2.30. The van der Waals surface area contributed by atoms with Gasteiger partial charge in [-0.05, 0) is 109 Å². The highest BCUT2D eigenvalue weighted by Crippen LogP contribution is 2.17. The van der Waals surface area contributed by atoms with Crippen LogP contribution in [0.1, 0.15) is 323 Å². The van der Waals surface area contributed by atoms with E-state index >= 15 is 0 Å². The highest BCUT2D eigenvalue weighted by Gasteiger charge is 2.19. The quantitative estimate of drug-likeness (QED) is 0.0261. The fraction of sp³-hybridized carbons (Fsp3) is 0.716. The molecule has 0 radical (unpaired) electrons. The molecule has 1 atom stereocenters. The Balaban J connectivity index is 4.45. The van der Waals surface area contributed by atoms with Gasteiger partial charge in [-0.15, -0.1) is 0 Å². The predicted molar refractivity (Wildman–Crippen MR) is 348 cm³/mol. The van der Waals surface area contributed by atoms with Crippen molar-refractivity contribution in [3.63, 3.8) is 0 Å². The third-order valence-electron chi connectivity index (χ3n) is 14.5. The number of carbonyl (C=O) groups excluding carboxylic acids is 3. The molecule has 0 spiro atoms. The summed E-state index contributed by atoms with van der Waals surface area (Å²) in [5.74, 6) is -0.919. The van der Waals surface area contributed by atoms with Gasteiger partial charge in [-0.25, -0.2) is 0 Å². The number of rotatable bonds is 61. The number of allylic oxidation sites excluding steroid dienone is 18. The van der Waals surface area contributed by atoms with Crippen LogP contribution in [-0.2, 0) is 28.6 Å². The van der Waals surface area contributed by atoms with E-state index < -0.39 is 6.10 Å². The second-order valence-corrected chi connectivity index (χ2v) is 22.4. The molecule has 0 aromatic heterocycles. The van der Waals surface area contributed by atoms with Gasteiger partial charge in [0.05, 0.1) is 0 Å². The Hall–Kier alpha value is -3.93. The maximum atomic E-state index is 12.9. The summed E-state index contributed by atoms with van der Waals surface area (Å²) in [5.41, 5.74) is 0. The molecule has 80 heavy (non-hydrogen) atoms. The van der Waals surface area contributed by atoms with E-state index in [-0.39, 0.29) is 31.1 Å². The molecule has 0 aliphatic heterocycles. The summed E-state index contributed by atoms with van der Waals surface area (Å²) in [5, 5.41) is 0. The van der Waals surface area contributed by atoms with Crippen molar-refractivity contribution in [2.24, 2.45) is 0 Å². The van der Waals surface area contributed by atoms with Crippen molar-refractivity contribution in [1.29, 1.82) is 0 Å². The molecule has 6 heteroatoms. The molecule has 458 valence electrons. The van der Waals surface area contributed by atoms with E-state index in [0.29, 0.717) is 19.3 Å². The van der Waals surface area contributed by atoms with Crippen molar-refractivity contribution in [2.75, 3.05) is 13.2 Å². The van der Waals surface area contributed by atoms with Gasteiger partial charge in [0.15, 0.2) is 6.10 Å². The first-order valence-electron chi connectivity index (χ1n) is 33.9. The lowest BCUT2D eigenvalue weighted by molar-refractivity contribution is -0.167. The summed E-state index contributed by atoms with van der Waals surface area (Å²) in [7, 11) is 0. The Morgan fingerprint density at radius 2 is 0.487 bits per heavy atom. The van der Waals surface area contributed by atoms with Gasteiger partial charge in [0, 0.05) is 19.3 Å². The summed E-state index contributed by atoms with van der Waals surface area (Å²) in [6.07, 6.45) is 92.4. The van der Waals surface area contributed by atoms with Crippen molar-refractivity contribution in [3.8, 4) is 0 Å². The Labute approximate surface area is 495 Å². The molecule has 0 N–H and O–H groups in total. The average molecular weight is 1110 g/mol. The van der Waals surface area contributed by atoms with E-state index in [4.69, 9.17) is 14.2 Å². The van der Waals surface area contributed by atoms with E-state index in [1.165, 1.54) is 161 Å². The molecule has 0 bridgehead atoms. The van der Waals surface area contributed by atoms with Crippen molar-refractivity contribution in [3.05, 3.63) is 109 Å². The molecule has 0 fully saturated rings. The van der Waals surface area contributed by atoms with Crippen LogP contribution in [0.3, 0.4) is 0 Å². The highest BCUT2D eigenvalue weighted by molar-refractivity contribution is 5.71. The smallest absolute Gasteiger partial charge is 0.306 e. The standard InChI is InChI=1S/C74H126O6/c1-4-7-10-13-16-19-22-25-28-31-34-35-36-37-38-39-41-43-46-49-52-55-58-61-64-67-73(76)79-70-71(69-78-72(75)66-63-60-57-54-51-48-45-42-33-30-27-24-21-18-15-12-9-6-3)80-74(77)68-65-62-59-56-53-50-47-44-40-32-29-26-23-20-17-14-11-8-5-2/h7,10,16,19,21,24-25,28,30,33-35,37-38,41,43,49,52,71H,4-6,8-9,11-15,17-18,20,22-23,26-27,29,31-32,36,39-40,42,44-48,50-51,53-70H2,1-3H3/b10-7-,19-16-,24-21-,28-25-,33-30-,35-34-,38-37-,43-41-,52-49-. The third kappa shape index (κ3) is 64.9. The summed E-state index contributed by atoms with van der Waals surface area (Å²) in [4.78, 5) is 38.4. The van der Waals surface area contributed by atoms with E-state index in [0.717, 1.165) is 122 Å². The molecule has 0 aliphatic rings. The Morgan fingerprint density at radius 1 is 0.263 bits per heavy atom. The zero-order chi connectivity index (χ0) is 57.8. The first-order chi connectivity index (χ1) is 39.5. The molecule has 0 aromatic carbocycles. The minimum Gasteiger partial charge on any atom is -0.462 e. The normalized spacial score (nSPS) is 12.8. The second kappa shape index (κ2) is 67.6. The number of unbranched alkanes of at least 4 members (excludes halogenated alkanes) is 32. The first kappa shape index (κ1) is 76.1. The van der Waals surface area contributed by atoms with Crippen LogP contribution in [0.5, 0.6) is 0 Å². The van der Waals surface area contributed by atoms with Crippen LogP contribution in [0.25, 0.3) is 0 Å². The van der Waals surface area contributed by atoms with Crippen molar-refractivity contribution >= 4 is 17.9 Å². The number of carbonyl (C=O) groups is 3. The molecule has 0 saturated heterocycles. The zero-order valence-electron chi connectivity index (χ0n) is 52.6. The monoisotopic (exact) mass is 1110 g/mol. The zero-order valence-corrected chi connectivity index (χ0v) is 52.6. The summed E-state index contributed by atoms with van der Waals surface area (Å²) < 4.78 is 16.9. The van der Waals surface area contributed by atoms with E-state index in [1.807, 2.05) is 0 Å². The van der Waals surface area contributed by atoms with Crippen LogP contribution in [0, 0.1) is 0 Å². The van der Waals surface area contributed by atoms with Crippen molar-refractivity contribution in [2.45, 2.75) is 329 Å². The van der Waals surface area contributed by atoms with Gasteiger partial charge in [0.25, 0.3) is 0 Å². The van der Waals surface area contributed by atoms with Crippen LogP contribution in [0.2, 0.25) is 0 Å². The number of hydrogen-bond donors (Lipinski definition) is 0. The van der Waals surface area contributed by atoms with Crippen LogP contribution in [0.15, 0.2) is 109 Å². The lowest BCUT2D eigenvalue weighted by Gasteiger charge is -2.18. The molecular weight excluding hydrogens is 985 g/mol. The third-order valence-corrected chi connectivity index (χ3v) is 14.5. The van der Waals surface area contributed by atoms with E-state index in [1.54, 1.807) is 0 Å². The molecule has 0 heterocycles. The molecule has 0 amide bonds. The second-order valence-electron chi connectivity index (χ2n) is 22.4. The van der Waals surface area contributed by atoms with Gasteiger partial charge in [0.2, 0.25) is 0 Å². The van der Waals surface area contributed by atoms with Gasteiger partial charge in [-0.2, -0.15) is 0 Å². The average Bonchev–Trinajstić information content (AvgIpc) is 3.46. The highest BCUT2D eigenvalue weighted by atomic mass is 16.6. The summed E-state index contributed by atoms with van der Waals surface area (Å²) in [6, 6.07) is 0. The molecule has 6 nitrogen and oxygen atoms in total. The summed E-state index contributed by atoms with van der Waals surface area (Å²) in [6.45, 7) is 6.51.